The number of likely N-dealkylation sites (tertiary alicyclic amines) is 2. The van der Waals surface area contributed by atoms with E-state index in [1.54, 1.807) is 32.6 Å². The van der Waals surface area contributed by atoms with Gasteiger partial charge in [-0.25, -0.2) is 14.4 Å². The summed E-state index contributed by atoms with van der Waals surface area (Å²) in [7, 11) is 0. The Morgan fingerprint density at radius 1 is 0.870 bits per heavy atom. The van der Waals surface area contributed by atoms with Crippen LogP contribution in [0.15, 0.2) is 0 Å². The molecule has 0 aromatic carbocycles. The van der Waals surface area contributed by atoms with Crippen molar-refractivity contribution in [2.45, 2.75) is 119 Å². The Morgan fingerprint density at radius 2 is 1.39 bits per heavy atom. The van der Waals surface area contributed by atoms with Crippen LogP contribution in [0.3, 0.4) is 0 Å². The van der Waals surface area contributed by atoms with E-state index in [4.69, 9.17) is 9.47 Å². The van der Waals surface area contributed by atoms with Gasteiger partial charge in [-0.1, -0.05) is 26.2 Å². The first-order valence-corrected chi connectivity index (χ1v) is 15.1. The molecular weight excluding hydrogens is 638 g/mol. The largest absolute Gasteiger partial charge is 0.459 e. The summed E-state index contributed by atoms with van der Waals surface area (Å²) in [4.78, 5) is 73.4. The molecule has 46 heavy (non-hydrogen) atoms. The van der Waals surface area contributed by atoms with E-state index in [1.807, 2.05) is 20.8 Å². The second-order valence-electron chi connectivity index (χ2n) is 12.0. The maximum atomic E-state index is 12.2. The molecule has 0 radical (unpaired) electrons. The van der Waals surface area contributed by atoms with E-state index in [0.29, 0.717) is 35.9 Å². The fourth-order valence-corrected chi connectivity index (χ4v) is 5.15. The number of rotatable bonds is 6. The second kappa shape index (κ2) is 19.4. The molecule has 2 atom stereocenters. The van der Waals surface area contributed by atoms with E-state index >= 15 is 0 Å². The number of hydrogen-bond donors (Lipinski definition) is 1. The van der Waals surface area contributed by atoms with Crippen molar-refractivity contribution < 1.29 is 43.0 Å². The number of esters is 1. The van der Waals surface area contributed by atoms with Crippen molar-refractivity contribution >= 4 is 60.5 Å². The van der Waals surface area contributed by atoms with E-state index in [2.05, 4.69) is 20.3 Å². The van der Waals surface area contributed by atoms with Crippen LogP contribution in [-0.4, -0.2) is 99.1 Å². The van der Waals surface area contributed by atoms with Gasteiger partial charge in [0.1, 0.15) is 16.2 Å². The van der Waals surface area contributed by atoms with E-state index in [1.165, 1.54) is 23.2 Å². The SMILES string of the molecule is C.C.CC(=O)c1nnc([C@@H]2CCCN2C(=O)OC(C)(C)C)s1.CCOC(=O)C(=O)NCC(=O)[C@@H]1CCCN1C(=O)OC(C)(C)C.S. The standard InChI is InChI=1S/C15H24N2O6.C13H19N3O3S.2CH4.H2S/c1-5-22-13(20)12(19)16-9-11(18)10-7-6-8-17(10)14(21)23-15(2,3)4;1-8(17)10-14-15-11(20-10)9-6-5-7-16(9)12(18)19-13(2,3)4;;;/h10H,5-9H2,1-4H3,(H,16,19);9H,5-7H2,1-4H3;2*1H4;1H2/t10-;9-;;;/m00.../s1. The number of hydrogen-bond acceptors (Lipinski definition) is 12. The smallest absolute Gasteiger partial charge is 0.410 e. The molecule has 1 aromatic rings. The Kier molecular flexibility index (Phi) is 18.9. The molecule has 14 nitrogen and oxygen atoms in total. The minimum Gasteiger partial charge on any atom is -0.459 e. The van der Waals surface area contributed by atoms with Gasteiger partial charge in [0.05, 0.1) is 25.2 Å². The van der Waals surface area contributed by atoms with Crippen LogP contribution in [0.2, 0.25) is 0 Å². The Balaban J connectivity index is 0. The van der Waals surface area contributed by atoms with Crippen LogP contribution in [0.25, 0.3) is 0 Å². The van der Waals surface area contributed by atoms with Crippen LogP contribution in [0.4, 0.5) is 9.59 Å². The highest BCUT2D eigenvalue weighted by Crippen LogP contribution is 2.34. The quantitative estimate of drug-likeness (QED) is 0.187. The average molecular weight is 692 g/mol. The summed E-state index contributed by atoms with van der Waals surface area (Å²) in [6, 6.07) is -0.775. The number of ether oxygens (including phenoxy) is 3. The molecule has 3 heterocycles. The van der Waals surface area contributed by atoms with Crippen molar-refractivity contribution in [3.63, 3.8) is 0 Å². The highest BCUT2D eigenvalue weighted by Gasteiger charge is 2.37. The molecule has 3 amide bonds. The van der Waals surface area contributed by atoms with Crippen molar-refractivity contribution in [3.05, 3.63) is 10.0 Å². The van der Waals surface area contributed by atoms with Crippen LogP contribution < -0.4 is 5.32 Å². The Labute approximate surface area is 283 Å². The number of nitrogens with zero attached hydrogens (tertiary/aromatic N) is 4. The molecular formula is C30H53N5O9S2. The lowest BCUT2D eigenvalue weighted by Crippen LogP contribution is -2.47. The number of aromatic nitrogens is 2. The van der Waals surface area contributed by atoms with Gasteiger partial charge in [0.2, 0.25) is 0 Å². The van der Waals surface area contributed by atoms with E-state index in [-0.39, 0.29) is 65.2 Å². The van der Waals surface area contributed by atoms with Crippen molar-refractivity contribution in [2.24, 2.45) is 0 Å². The zero-order chi connectivity index (χ0) is 32.5. The van der Waals surface area contributed by atoms with Gasteiger partial charge >= 0.3 is 24.1 Å². The summed E-state index contributed by atoms with van der Waals surface area (Å²) < 4.78 is 15.2. The molecule has 2 fully saturated rings. The molecule has 2 aliphatic rings. The lowest BCUT2D eigenvalue weighted by molar-refractivity contribution is -0.154. The van der Waals surface area contributed by atoms with Crippen molar-refractivity contribution in [3.8, 4) is 0 Å². The summed E-state index contributed by atoms with van der Waals surface area (Å²) in [5, 5.41) is 11.2. The molecule has 2 saturated heterocycles. The van der Waals surface area contributed by atoms with Gasteiger partial charge in [-0.15, -0.1) is 10.2 Å². The van der Waals surface area contributed by atoms with Crippen LogP contribution in [0.5, 0.6) is 0 Å². The van der Waals surface area contributed by atoms with Gasteiger partial charge in [-0.3, -0.25) is 24.2 Å². The first-order chi connectivity index (χ1) is 19.9. The number of carbonyl (C=O) groups is 6. The third-order valence-electron chi connectivity index (χ3n) is 6.04. The molecule has 3 rings (SSSR count). The maximum Gasteiger partial charge on any atom is 0.410 e. The monoisotopic (exact) mass is 691 g/mol. The maximum absolute atomic E-state index is 12.2. The predicted octanol–water partition coefficient (Wildman–Crippen LogP) is 4.83. The third kappa shape index (κ3) is 14.0. The third-order valence-corrected chi connectivity index (χ3v) is 7.17. The fraction of sp³-hybridized carbons (Fsp3) is 0.733. The van der Waals surface area contributed by atoms with E-state index in [0.717, 1.165) is 12.8 Å². The molecule has 1 aromatic heterocycles. The van der Waals surface area contributed by atoms with Crippen molar-refractivity contribution in [2.75, 3.05) is 26.2 Å². The first kappa shape index (κ1) is 44.9. The minimum atomic E-state index is -1.03. The highest BCUT2D eigenvalue weighted by molar-refractivity contribution is 7.59. The lowest BCUT2D eigenvalue weighted by Gasteiger charge is -2.27. The molecule has 1 N–H and O–H groups in total. The molecule has 2 aliphatic heterocycles. The van der Waals surface area contributed by atoms with Crippen LogP contribution in [0, 0.1) is 0 Å². The second-order valence-corrected chi connectivity index (χ2v) is 13.0. The van der Waals surface area contributed by atoms with Crippen LogP contribution in [0.1, 0.15) is 117 Å². The zero-order valence-corrected chi connectivity index (χ0v) is 28.5. The minimum absolute atomic E-state index is 0. The number of nitrogens with one attached hydrogen (secondary N) is 1. The zero-order valence-electron chi connectivity index (χ0n) is 26.7. The first-order valence-electron chi connectivity index (χ1n) is 14.2. The van der Waals surface area contributed by atoms with Crippen LogP contribution in [-0.2, 0) is 28.6 Å². The summed E-state index contributed by atoms with van der Waals surface area (Å²) in [6.45, 7) is 14.6. The Hall–Kier alpha value is -3.27. The molecule has 0 aliphatic carbocycles. The Morgan fingerprint density at radius 3 is 1.89 bits per heavy atom. The fourth-order valence-electron chi connectivity index (χ4n) is 4.27. The predicted molar refractivity (Wildman–Crippen MR) is 179 cm³/mol. The summed E-state index contributed by atoms with van der Waals surface area (Å²) in [5.74, 6) is -2.45. The van der Waals surface area contributed by atoms with Crippen LogP contribution >= 0.6 is 24.8 Å². The average Bonchev–Trinajstić information content (AvgIpc) is 3.65. The summed E-state index contributed by atoms with van der Waals surface area (Å²) >= 11 is 1.26. The number of amides is 3. The number of carbonyl (C=O) groups excluding carboxylic acids is 6. The molecule has 16 heteroatoms. The Bertz CT molecular complexity index is 1190. The molecule has 0 bridgehead atoms. The van der Waals surface area contributed by atoms with Gasteiger partial charge < -0.3 is 19.5 Å². The topological polar surface area (TPSA) is 174 Å². The number of ketones is 2. The van der Waals surface area contributed by atoms with Gasteiger partial charge in [0, 0.05) is 20.0 Å². The van der Waals surface area contributed by atoms with Gasteiger partial charge in [0.15, 0.2) is 16.6 Å². The summed E-state index contributed by atoms with van der Waals surface area (Å²) in [6.07, 6.45) is 2.03. The van der Waals surface area contributed by atoms with Gasteiger partial charge in [0.25, 0.3) is 0 Å². The number of Topliss-reactive ketones (excluding diaryl/α,β-unsaturated/α-hetero) is 2. The lowest BCUT2D eigenvalue weighted by atomic mass is 10.1. The molecule has 0 spiro atoms. The van der Waals surface area contributed by atoms with Gasteiger partial charge in [-0.05, 0) is 74.1 Å². The van der Waals surface area contributed by atoms with E-state index < -0.39 is 35.2 Å². The highest BCUT2D eigenvalue weighted by atomic mass is 32.1. The van der Waals surface area contributed by atoms with Gasteiger partial charge in [-0.2, -0.15) is 13.5 Å². The molecule has 0 saturated carbocycles. The van der Waals surface area contributed by atoms with Crippen molar-refractivity contribution in [1.82, 2.24) is 25.3 Å². The normalized spacial score (nSPS) is 17.1. The summed E-state index contributed by atoms with van der Waals surface area (Å²) in [5.41, 5.74) is -1.17. The van der Waals surface area contributed by atoms with E-state index in [9.17, 15) is 28.8 Å². The van der Waals surface area contributed by atoms with Crippen molar-refractivity contribution in [1.29, 1.82) is 0 Å². The molecule has 0 unspecified atom stereocenters. The molecule has 264 valence electrons.